The fraction of sp³-hybridized carbons (Fsp3) is 0.533. The SMILES string of the molecule is Cc1cc(C)cc(C(C)NC(=O)C2CC(F)(F)CN2)c1.Cl. The molecule has 6 heteroatoms. The first-order chi connectivity index (χ1) is 9.27. The Kier molecular flexibility index (Phi) is 5.70. The largest absolute Gasteiger partial charge is 0.348 e. The Balaban J connectivity index is 0.00000220. The van der Waals surface area contributed by atoms with Gasteiger partial charge < -0.3 is 5.32 Å². The molecule has 3 nitrogen and oxygen atoms in total. The average Bonchev–Trinajstić information content (AvgIpc) is 2.68. The number of hydrogen-bond donors (Lipinski definition) is 2. The first kappa shape index (κ1) is 17.9. The standard InChI is InChI=1S/C15H20F2N2O.ClH/c1-9-4-10(2)6-12(5-9)11(3)19-14(20)13-7-15(16,17)8-18-13;/h4-6,11,13,18H,7-8H2,1-3H3,(H,19,20);1H. The van der Waals surface area contributed by atoms with E-state index in [2.05, 4.69) is 16.7 Å². The van der Waals surface area contributed by atoms with E-state index < -0.39 is 24.9 Å². The Hall–Kier alpha value is -1.20. The maximum atomic E-state index is 13.1. The maximum Gasteiger partial charge on any atom is 0.262 e. The van der Waals surface area contributed by atoms with Crippen LogP contribution in [0.25, 0.3) is 0 Å². The normalized spacial score (nSPS) is 21.5. The fourth-order valence-electron chi connectivity index (χ4n) is 2.56. The molecule has 0 bridgehead atoms. The number of carbonyl (C=O) groups is 1. The first-order valence-corrected chi connectivity index (χ1v) is 6.77. The highest BCUT2D eigenvalue weighted by atomic mass is 35.5. The highest BCUT2D eigenvalue weighted by Gasteiger charge is 2.42. The minimum atomic E-state index is -2.79. The second-order valence-corrected chi connectivity index (χ2v) is 5.64. The third-order valence-corrected chi connectivity index (χ3v) is 3.53. The summed E-state index contributed by atoms with van der Waals surface area (Å²) in [5.74, 6) is -3.15. The van der Waals surface area contributed by atoms with Crippen molar-refractivity contribution in [1.82, 2.24) is 10.6 Å². The first-order valence-electron chi connectivity index (χ1n) is 6.77. The molecule has 2 N–H and O–H groups in total. The Bertz CT molecular complexity index is 502. The van der Waals surface area contributed by atoms with Gasteiger partial charge in [0.2, 0.25) is 5.91 Å². The predicted octanol–water partition coefficient (Wildman–Crippen LogP) is 2.90. The summed E-state index contributed by atoms with van der Waals surface area (Å²) in [5, 5.41) is 5.36. The van der Waals surface area contributed by atoms with Crippen LogP contribution in [0, 0.1) is 13.8 Å². The number of amides is 1. The number of alkyl halides is 2. The van der Waals surface area contributed by atoms with Gasteiger partial charge in [-0.1, -0.05) is 29.3 Å². The van der Waals surface area contributed by atoms with Gasteiger partial charge in [-0.3, -0.25) is 10.1 Å². The molecule has 2 unspecified atom stereocenters. The van der Waals surface area contributed by atoms with Crippen molar-refractivity contribution >= 4 is 18.3 Å². The number of rotatable bonds is 3. The highest BCUT2D eigenvalue weighted by Crippen LogP contribution is 2.25. The van der Waals surface area contributed by atoms with Crippen molar-refractivity contribution in [3.63, 3.8) is 0 Å². The van der Waals surface area contributed by atoms with E-state index in [0.29, 0.717) is 0 Å². The summed E-state index contributed by atoms with van der Waals surface area (Å²) < 4.78 is 26.2. The molecular formula is C15H21ClF2N2O. The molecule has 0 aliphatic carbocycles. The number of hydrogen-bond acceptors (Lipinski definition) is 2. The Morgan fingerprint density at radius 2 is 1.90 bits per heavy atom. The molecule has 0 radical (unpaired) electrons. The summed E-state index contributed by atoms with van der Waals surface area (Å²) in [6.45, 7) is 5.41. The molecule has 2 rings (SSSR count). The van der Waals surface area contributed by atoms with Crippen LogP contribution in [0.5, 0.6) is 0 Å². The van der Waals surface area contributed by atoms with Gasteiger partial charge >= 0.3 is 0 Å². The summed E-state index contributed by atoms with van der Waals surface area (Å²) in [4.78, 5) is 12.0. The van der Waals surface area contributed by atoms with Crippen LogP contribution in [-0.2, 0) is 4.79 Å². The average molecular weight is 319 g/mol. The van der Waals surface area contributed by atoms with Crippen LogP contribution in [0.2, 0.25) is 0 Å². The van der Waals surface area contributed by atoms with Gasteiger partial charge in [-0.2, -0.15) is 0 Å². The number of nitrogens with one attached hydrogen (secondary N) is 2. The van der Waals surface area contributed by atoms with Crippen LogP contribution in [0.1, 0.15) is 36.1 Å². The zero-order valence-corrected chi connectivity index (χ0v) is 13.2. The quantitative estimate of drug-likeness (QED) is 0.899. The highest BCUT2D eigenvalue weighted by molar-refractivity contribution is 5.85. The van der Waals surface area contributed by atoms with E-state index in [1.54, 1.807) is 0 Å². The number of benzene rings is 1. The summed E-state index contributed by atoms with van der Waals surface area (Å²) in [6.07, 6.45) is -0.432. The number of halogens is 3. The molecule has 1 heterocycles. The minimum absolute atomic E-state index is 0. The Morgan fingerprint density at radius 1 is 1.33 bits per heavy atom. The van der Waals surface area contributed by atoms with Crippen LogP contribution in [0.3, 0.4) is 0 Å². The molecular weight excluding hydrogens is 298 g/mol. The summed E-state index contributed by atoms with van der Waals surface area (Å²) in [7, 11) is 0. The van der Waals surface area contributed by atoms with E-state index >= 15 is 0 Å². The van der Waals surface area contributed by atoms with E-state index in [0.717, 1.165) is 16.7 Å². The van der Waals surface area contributed by atoms with E-state index in [-0.39, 0.29) is 24.4 Å². The monoisotopic (exact) mass is 318 g/mol. The lowest BCUT2D eigenvalue weighted by atomic mass is 10.0. The fourth-order valence-corrected chi connectivity index (χ4v) is 2.56. The van der Waals surface area contributed by atoms with Gasteiger partial charge in [0, 0.05) is 6.42 Å². The van der Waals surface area contributed by atoms with Crippen LogP contribution in [-0.4, -0.2) is 24.4 Å². The van der Waals surface area contributed by atoms with Gasteiger partial charge in [-0.15, -0.1) is 12.4 Å². The summed E-state index contributed by atoms with van der Waals surface area (Å²) in [5.41, 5.74) is 3.22. The molecule has 1 aliphatic heterocycles. The van der Waals surface area contributed by atoms with Gasteiger partial charge in [0.05, 0.1) is 18.6 Å². The van der Waals surface area contributed by atoms with Crippen molar-refractivity contribution in [2.45, 2.75) is 45.2 Å². The van der Waals surface area contributed by atoms with Crippen LogP contribution in [0.4, 0.5) is 8.78 Å². The molecule has 1 saturated heterocycles. The third kappa shape index (κ3) is 4.64. The molecule has 1 fully saturated rings. The second kappa shape index (κ2) is 6.71. The second-order valence-electron chi connectivity index (χ2n) is 5.64. The Morgan fingerprint density at radius 3 is 2.38 bits per heavy atom. The molecule has 1 aromatic carbocycles. The molecule has 0 saturated carbocycles. The van der Waals surface area contributed by atoms with Crippen molar-refractivity contribution in [3.05, 3.63) is 34.9 Å². The lowest BCUT2D eigenvalue weighted by Gasteiger charge is -2.18. The molecule has 118 valence electrons. The van der Waals surface area contributed by atoms with E-state index in [4.69, 9.17) is 0 Å². The Labute approximate surface area is 129 Å². The van der Waals surface area contributed by atoms with Crippen molar-refractivity contribution in [2.75, 3.05) is 6.54 Å². The summed E-state index contributed by atoms with van der Waals surface area (Å²) >= 11 is 0. The maximum absolute atomic E-state index is 13.1. The van der Waals surface area contributed by atoms with Gasteiger partial charge in [-0.25, -0.2) is 8.78 Å². The van der Waals surface area contributed by atoms with Crippen molar-refractivity contribution in [3.8, 4) is 0 Å². The topological polar surface area (TPSA) is 41.1 Å². The summed E-state index contributed by atoms with van der Waals surface area (Å²) in [6, 6.07) is 5.04. The molecule has 0 spiro atoms. The lowest BCUT2D eigenvalue weighted by Crippen LogP contribution is -2.41. The van der Waals surface area contributed by atoms with Crippen LogP contribution >= 0.6 is 12.4 Å². The van der Waals surface area contributed by atoms with Crippen molar-refractivity contribution in [2.24, 2.45) is 0 Å². The van der Waals surface area contributed by atoms with E-state index in [9.17, 15) is 13.6 Å². The van der Waals surface area contributed by atoms with E-state index in [1.807, 2.05) is 32.9 Å². The van der Waals surface area contributed by atoms with Gasteiger partial charge in [0.1, 0.15) is 0 Å². The predicted molar refractivity (Wildman–Crippen MR) is 81.1 cm³/mol. The van der Waals surface area contributed by atoms with Crippen LogP contribution < -0.4 is 10.6 Å². The molecule has 1 amide bonds. The zero-order chi connectivity index (χ0) is 14.9. The molecule has 2 atom stereocenters. The molecule has 21 heavy (non-hydrogen) atoms. The number of aryl methyl sites for hydroxylation is 2. The minimum Gasteiger partial charge on any atom is -0.348 e. The molecule has 1 aliphatic rings. The van der Waals surface area contributed by atoms with Gasteiger partial charge in [0.15, 0.2) is 0 Å². The smallest absolute Gasteiger partial charge is 0.262 e. The third-order valence-electron chi connectivity index (χ3n) is 3.53. The molecule has 1 aromatic rings. The molecule has 0 aromatic heterocycles. The number of carbonyl (C=O) groups excluding carboxylic acids is 1. The van der Waals surface area contributed by atoms with Gasteiger partial charge in [0.25, 0.3) is 5.92 Å². The van der Waals surface area contributed by atoms with Crippen molar-refractivity contribution < 1.29 is 13.6 Å². The lowest BCUT2D eigenvalue weighted by molar-refractivity contribution is -0.124. The van der Waals surface area contributed by atoms with Gasteiger partial charge in [-0.05, 0) is 26.3 Å². The van der Waals surface area contributed by atoms with E-state index in [1.165, 1.54) is 0 Å². The zero-order valence-electron chi connectivity index (χ0n) is 12.4. The van der Waals surface area contributed by atoms with Crippen molar-refractivity contribution in [1.29, 1.82) is 0 Å². The van der Waals surface area contributed by atoms with Crippen LogP contribution in [0.15, 0.2) is 18.2 Å².